The first-order chi connectivity index (χ1) is 20.5. The SMILES string of the molecule is C[C@]12C=CC(=O)C=C1CC[C@@H]1[C@@H]2[C@@H](O)C[C@@]2(C)[C@H]1C[C@H]1O[C@@H](c3ccn(Cc4ccc(N)c(CO)c4)c3)O[C@]12C(=O)CO. The highest BCUT2D eigenvalue weighted by Crippen LogP contribution is 2.70. The van der Waals surface area contributed by atoms with E-state index in [4.69, 9.17) is 15.2 Å². The van der Waals surface area contributed by atoms with E-state index in [9.17, 15) is 24.9 Å². The second-order valence-corrected chi connectivity index (χ2v) is 13.6. The lowest BCUT2D eigenvalue weighted by atomic mass is 9.46. The molecule has 43 heavy (non-hydrogen) atoms. The number of nitrogens with two attached hydrogens (primary N) is 1. The van der Waals surface area contributed by atoms with Gasteiger partial charge in [-0.2, -0.15) is 0 Å². The molecule has 1 saturated heterocycles. The molecule has 0 bridgehead atoms. The van der Waals surface area contributed by atoms with Crippen LogP contribution in [0.4, 0.5) is 5.69 Å². The Morgan fingerprint density at radius 2 is 2.02 bits per heavy atom. The summed E-state index contributed by atoms with van der Waals surface area (Å²) < 4.78 is 15.2. The molecule has 4 fully saturated rings. The Morgan fingerprint density at radius 1 is 1.21 bits per heavy atom. The summed E-state index contributed by atoms with van der Waals surface area (Å²) in [6, 6.07) is 7.49. The van der Waals surface area contributed by atoms with Crippen LogP contribution in [0.1, 0.15) is 62.5 Å². The number of fused-ring (bicyclic) bond motifs is 7. The molecule has 1 aromatic carbocycles. The predicted molar refractivity (Wildman–Crippen MR) is 157 cm³/mol. The summed E-state index contributed by atoms with van der Waals surface area (Å²) in [5.41, 5.74) is 7.44. The number of carbonyl (C=O) groups excluding carboxylic acids is 2. The Hall–Kier alpha value is -3.08. The number of rotatable bonds is 6. The fraction of sp³-hybridized carbons (Fsp3) is 0.529. The van der Waals surface area contributed by atoms with Gasteiger partial charge in [0.05, 0.1) is 18.8 Å². The van der Waals surface area contributed by atoms with Crippen LogP contribution in [0.5, 0.6) is 0 Å². The van der Waals surface area contributed by atoms with Crippen LogP contribution in [0.2, 0.25) is 0 Å². The third kappa shape index (κ3) is 4.02. The number of ether oxygens (including phenoxy) is 2. The average molecular weight is 589 g/mol. The van der Waals surface area contributed by atoms with Gasteiger partial charge in [0.1, 0.15) is 6.61 Å². The highest BCUT2D eigenvalue weighted by molar-refractivity contribution is 6.01. The largest absolute Gasteiger partial charge is 0.398 e. The van der Waals surface area contributed by atoms with Crippen LogP contribution in [0.3, 0.4) is 0 Å². The highest BCUT2D eigenvalue weighted by Gasteiger charge is 2.75. The second kappa shape index (κ2) is 9.97. The minimum atomic E-state index is -1.38. The summed E-state index contributed by atoms with van der Waals surface area (Å²) in [5.74, 6) is -0.339. The molecule has 0 amide bonds. The smallest absolute Gasteiger partial charge is 0.193 e. The number of aliphatic hydroxyl groups is 3. The number of Topliss-reactive ketones (excluding diaryl/α,β-unsaturated/α-hetero) is 1. The van der Waals surface area contributed by atoms with Gasteiger partial charge in [-0.15, -0.1) is 0 Å². The number of anilines is 1. The van der Waals surface area contributed by atoms with Crippen molar-refractivity contribution in [1.82, 2.24) is 4.57 Å². The molecule has 5 N–H and O–H groups in total. The molecule has 228 valence electrons. The van der Waals surface area contributed by atoms with Crippen LogP contribution in [-0.2, 0) is 32.2 Å². The summed E-state index contributed by atoms with van der Waals surface area (Å²) in [4.78, 5) is 25.9. The molecular weight excluding hydrogens is 548 g/mol. The topological polar surface area (TPSA) is 144 Å². The maximum absolute atomic E-state index is 13.8. The van der Waals surface area contributed by atoms with Gasteiger partial charge < -0.3 is 35.1 Å². The van der Waals surface area contributed by atoms with Gasteiger partial charge >= 0.3 is 0 Å². The Labute approximate surface area is 251 Å². The average Bonchev–Trinajstić information content (AvgIpc) is 3.66. The molecule has 1 aliphatic heterocycles. The lowest BCUT2D eigenvalue weighted by Crippen LogP contribution is -2.63. The Morgan fingerprint density at radius 3 is 2.79 bits per heavy atom. The Balaban J connectivity index is 1.17. The van der Waals surface area contributed by atoms with Gasteiger partial charge in [-0.3, -0.25) is 9.59 Å². The summed E-state index contributed by atoms with van der Waals surface area (Å²) >= 11 is 0. The van der Waals surface area contributed by atoms with Gasteiger partial charge in [0.15, 0.2) is 23.5 Å². The molecular formula is C34H40N2O7. The van der Waals surface area contributed by atoms with E-state index in [1.54, 1.807) is 18.2 Å². The zero-order valence-electron chi connectivity index (χ0n) is 24.6. The summed E-state index contributed by atoms with van der Waals surface area (Å²) in [6.07, 6.45) is 9.63. The van der Waals surface area contributed by atoms with Crippen LogP contribution < -0.4 is 5.73 Å². The number of hydrogen-bond donors (Lipinski definition) is 4. The maximum Gasteiger partial charge on any atom is 0.193 e. The van der Waals surface area contributed by atoms with Gasteiger partial charge in [0, 0.05) is 52.5 Å². The molecule has 3 saturated carbocycles. The Bertz CT molecular complexity index is 1540. The number of benzene rings is 1. The van der Waals surface area contributed by atoms with Crippen molar-refractivity contribution in [3.63, 3.8) is 0 Å². The Kier molecular flexibility index (Phi) is 6.65. The van der Waals surface area contributed by atoms with E-state index < -0.39 is 47.3 Å². The molecule has 0 unspecified atom stereocenters. The fourth-order valence-corrected chi connectivity index (χ4v) is 9.64. The number of aromatic nitrogens is 1. The normalized spacial score (nSPS) is 39.6. The number of ketones is 2. The first kappa shape index (κ1) is 28.7. The number of hydrogen-bond acceptors (Lipinski definition) is 8. The summed E-state index contributed by atoms with van der Waals surface area (Å²) in [7, 11) is 0. The molecule has 2 aromatic rings. The van der Waals surface area contributed by atoms with Crippen LogP contribution in [0.25, 0.3) is 0 Å². The van der Waals surface area contributed by atoms with E-state index in [1.807, 2.05) is 48.2 Å². The van der Waals surface area contributed by atoms with Crippen LogP contribution >= 0.6 is 0 Å². The summed E-state index contributed by atoms with van der Waals surface area (Å²) in [6.45, 7) is 3.91. The zero-order chi connectivity index (χ0) is 30.3. The van der Waals surface area contributed by atoms with Crippen molar-refractivity contribution in [1.29, 1.82) is 0 Å². The van der Waals surface area contributed by atoms with Gasteiger partial charge in [-0.1, -0.05) is 31.6 Å². The second-order valence-electron chi connectivity index (χ2n) is 13.6. The maximum atomic E-state index is 13.8. The minimum Gasteiger partial charge on any atom is -0.398 e. The van der Waals surface area contributed by atoms with Crippen molar-refractivity contribution in [2.24, 2.45) is 28.6 Å². The quantitative estimate of drug-likeness (QED) is 0.377. The third-order valence-electron chi connectivity index (χ3n) is 11.6. The van der Waals surface area contributed by atoms with E-state index in [0.29, 0.717) is 30.6 Å². The molecule has 0 radical (unpaired) electrons. The van der Waals surface area contributed by atoms with E-state index in [1.165, 1.54) is 0 Å². The molecule has 5 aliphatic rings. The molecule has 2 heterocycles. The van der Waals surface area contributed by atoms with Crippen molar-refractivity contribution in [3.8, 4) is 0 Å². The fourth-order valence-electron chi connectivity index (χ4n) is 9.64. The van der Waals surface area contributed by atoms with Gasteiger partial charge in [-0.25, -0.2) is 0 Å². The van der Waals surface area contributed by atoms with Crippen LogP contribution in [-0.4, -0.2) is 55.9 Å². The molecule has 0 spiro atoms. The van der Waals surface area contributed by atoms with Crippen molar-refractivity contribution >= 4 is 17.3 Å². The van der Waals surface area contributed by atoms with E-state index in [2.05, 4.69) is 6.92 Å². The number of allylic oxidation sites excluding steroid dienone is 4. The predicted octanol–water partition coefficient (Wildman–Crippen LogP) is 3.21. The lowest BCUT2D eigenvalue weighted by Gasteiger charge is -2.59. The lowest BCUT2D eigenvalue weighted by molar-refractivity contribution is -0.201. The third-order valence-corrected chi connectivity index (χ3v) is 11.6. The number of nitrogen functional groups attached to an aromatic ring is 1. The van der Waals surface area contributed by atoms with E-state index >= 15 is 0 Å². The zero-order valence-corrected chi connectivity index (χ0v) is 24.6. The monoisotopic (exact) mass is 588 g/mol. The molecule has 9 heteroatoms. The number of carbonyl (C=O) groups is 2. The molecule has 1 aromatic heterocycles. The van der Waals surface area contributed by atoms with E-state index in [-0.39, 0.29) is 30.1 Å². The van der Waals surface area contributed by atoms with Crippen molar-refractivity contribution in [2.45, 2.75) is 76.8 Å². The van der Waals surface area contributed by atoms with Crippen molar-refractivity contribution in [2.75, 3.05) is 12.3 Å². The number of nitrogens with zero attached hydrogens (tertiary/aromatic N) is 1. The first-order valence-corrected chi connectivity index (χ1v) is 15.3. The molecule has 9 nitrogen and oxygen atoms in total. The first-order valence-electron chi connectivity index (χ1n) is 15.3. The molecule has 9 atom stereocenters. The minimum absolute atomic E-state index is 0.00555. The van der Waals surface area contributed by atoms with Crippen molar-refractivity contribution in [3.05, 3.63) is 77.2 Å². The van der Waals surface area contributed by atoms with Crippen LogP contribution in [0.15, 0.2) is 60.5 Å². The van der Waals surface area contributed by atoms with Gasteiger partial charge in [-0.05, 0) is 73.4 Å². The number of aliphatic hydroxyl groups excluding tert-OH is 3. The van der Waals surface area contributed by atoms with Gasteiger partial charge in [0.2, 0.25) is 0 Å². The highest BCUT2D eigenvalue weighted by atomic mass is 16.7. The van der Waals surface area contributed by atoms with Gasteiger partial charge in [0.25, 0.3) is 0 Å². The molecule has 4 aliphatic carbocycles. The summed E-state index contributed by atoms with van der Waals surface area (Å²) in [5, 5.41) is 31.6. The molecule has 7 rings (SSSR count). The standard InChI is InChI=1S/C34H40N2O7/c1-32-9-7-23(39)12-22(32)4-5-24-25-13-29-34(28(41)18-38,33(25,2)14-27(40)30(24)32)43-31(42-29)20-8-10-36(16-20)15-19-3-6-26(35)21(11-19)17-37/h3,6-12,16,24-25,27,29-31,37-38,40H,4-5,13-15,17-18,35H2,1-2H3/t24-,25-,27-,29+,30+,31+,32-,33-,34+/m0/s1. The van der Waals surface area contributed by atoms with E-state index in [0.717, 1.165) is 29.5 Å². The van der Waals surface area contributed by atoms with Crippen LogP contribution in [0, 0.1) is 28.6 Å². The van der Waals surface area contributed by atoms with Crippen molar-refractivity contribution < 1.29 is 34.4 Å².